The molecule has 1 aliphatic rings. The Hall–Kier alpha value is -2.21. The molecular weight excluding hydrogens is 335 g/mol. The highest BCUT2D eigenvalue weighted by Crippen LogP contribution is 2.27. The van der Waals surface area contributed by atoms with Crippen molar-refractivity contribution in [3.8, 4) is 11.5 Å². The predicted octanol–water partition coefficient (Wildman–Crippen LogP) is 4.10. The number of benzene rings is 1. The summed E-state index contributed by atoms with van der Waals surface area (Å²) in [6, 6.07) is 6.61. The van der Waals surface area contributed by atoms with Crippen LogP contribution in [-0.2, 0) is 16.1 Å². The molecule has 0 spiro atoms. The summed E-state index contributed by atoms with van der Waals surface area (Å²) in [6.07, 6.45) is 3.57. The predicted molar refractivity (Wildman–Crippen MR) is 95.9 cm³/mol. The first-order valence-corrected chi connectivity index (χ1v) is 9.19. The second-order valence-electron chi connectivity index (χ2n) is 6.63. The second-order valence-corrected chi connectivity index (χ2v) is 6.63. The summed E-state index contributed by atoms with van der Waals surface area (Å²) in [7, 11) is 0. The van der Waals surface area contributed by atoms with E-state index in [4.69, 9.17) is 9.15 Å². The molecule has 0 aliphatic carbocycles. The fourth-order valence-corrected chi connectivity index (χ4v) is 3.43. The summed E-state index contributed by atoms with van der Waals surface area (Å²) in [6.45, 7) is 5.57. The van der Waals surface area contributed by atoms with Crippen molar-refractivity contribution in [2.75, 3.05) is 13.2 Å². The van der Waals surface area contributed by atoms with Crippen molar-refractivity contribution in [2.45, 2.75) is 52.1 Å². The van der Waals surface area contributed by atoms with Crippen molar-refractivity contribution in [1.29, 1.82) is 0 Å². The van der Waals surface area contributed by atoms with Gasteiger partial charge in [0, 0.05) is 12.6 Å². The van der Waals surface area contributed by atoms with Crippen LogP contribution in [0.2, 0.25) is 0 Å². The van der Waals surface area contributed by atoms with Crippen LogP contribution in [0, 0.1) is 12.7 Å². The quantitative estimate of drug-likeness (QED) is 0.726. The lowest BCUT2D eigenvalue weighted by Crippen LogP contribution is -2.40. The van der Waals surface area contributed by atoms with Crippen molar-refractivity contribution in [2.24, 2.45) is 0 Å². The maximum atomic E-state index is 14.0. The fraction of sp³-hybridized carbons (Fsp3) is 0.500. The molecule has 1 aliphatic heterocycles. The maximum absolute atomic E-state index is 14.0. The minimum Gasteiger partial charge on any atom is -0.466 e. The first kappa shape index (κ1) is 18.6. The van der Waals surface area contributed by atoms with Gasteiger partial charge in [0.1, 0.15) is 11.6 Å². The number of rotatable bonds is 6. The Morgan fingerprint density at radius 1 is 1.38 bits per heavy atom. The molecule has 26 heavy (non-hydrogen) atoms. The van der Waals surface area contributed by atoms with Crippen molar-refractivity contribution in [3.63, 3.8) is 0 Å². The molecule has 0 unspecified atom stereocenters. The number of hydrogen-bond acceptors (Lipinski definition) is 5. The Morgan fingerprint density at radius 2 is 2.19 bits per heavy atom. The lowest BCUT2D eigenvalue weighted by molar-refractivity contribution is -0.145. The third kappa shape index (κ3) is 4.30. The van der Waals surface area contributed by atoms with Gasteiger partial charge in [-0.2, -0.15) is 0 Å². The highest BCUT2D eigenvalue weighted by Gasteiger charge is 2.27. The lowest BCUT2D eigenvalue weighted by Gasteiger charge is -2.34. The molecule has 5 nitrogen and oxygen atoms in total. The van der Waals surface area contributed by atoms with Crippen LogP contribution < -0.4 is 0 Å². The van der Waals surface area contributed by atoms with Gasteiger partial charge in [0.25, 0.3) is 0 Å². The van der Waals surface area contributed by atoms with Crippen LogP contribution in [0.25, 0.3) is 11.5 Å². The van der Waals surface area contributed by atoms with E-state index in [1.807, 2.05) is 13.8 Å². The van der Waals surface area contributed by atoms with E-state index in [2.05, 4.69) is 9.88 Å². The molecule has 6 heteroatoms. The van der Waals surface area contributed by atoms with Gasteiger partial charge in [-0.1, -0.05) is 18.6 Å². The molecule has 0 radical (unpaired) electrons. The Balaban J connectivity index is 1.75. The minimum atomic E-state index is -0.349. The van der Waals surface area contributed by atoms with Gasteiger partial charge in [-0.15, -0.1) is 0 Å². The molecule has 0 bridgehead atoms. The van der Waals surface area contributed by atoms with E-state index >= 15 is 0 Å². The Morgan fingerprint density at radius 3 is 2.96 bits per heavy atom. The number of nitrogens with zero attached hydrogens (tertiary/aromatic N) is 2. The molecule has 0 amide bonds. The highest BCUT2D eigenvalue weighted by molar-refractivity contribution is 5.70. The molecule has 0 N–H and O–H groups in total. The van der Waals surface area contributed by atoms with Crippen LogP contribution in [0.15, 0.2) is 28.7 Å². The number of aryl methyl sites for hydroxylation is 1. The van der Waals surface area contributed by atoms with E-state index < -0.39 is 0 Å². The minimum absolute atomic E-state index is 0.149. The number of oxazole rings is 1. The molecule has 1 atom stereocenters. The number of aromatic nitrogens is 1. The Labute approximate surface area is 153 Å². The number of likely N-dealkylation sites (tertiary alicyclic amines) is 1. The third-order valence-electron chi connectivity index (χ3n) is 4.81. The summed E-state index contributed by atoms with van der Waals surface area (Å²) in [5.41, 5.74) is 1.16. The average molecular weight is 360 g/mol. The summed E-state index contributed by atoms with van der Waals surface area (Å²) in [4.78, 5) is 18.7. The van der Waals surface area contributed by atoms with Gasteiger partial charge in [0.15, 0.2) is 0 Å². The van der Waals surface area contributed by atoms with Gasteiger partial charge in [0.05, 0.1) is 24.3 Å². The molecule has 2 heterocycles. The molecule has 1 aromatic heterocycles. The van der Waals surface area contributed by atoms with Gasteiger partial charge in [-0.3, -0.25) is 9.69 Å². The van der Waals surface area contributed by atoms with Crippen molar-refractivity contribution in [1.82, 2.24) is 9.88 Å². The SMILES string of the molecule is CCOC(=O)C[C@@H]1CCCCN1Cc1nc(-c2ccccc2F)oc1C. The van der Waals surface area contributed by atoms with E-state index in [1.165, 1.54) is 6.07 Å². The number of halogens is 1. The fourth-order valence-electron chi connectivity index (χ4n) is 3.43. The van der Waals surface area contributed by atoms with Gasteiger partial charge in [-0.05, 0) is 45.4 Å². The van der Waals surface area contributed by atoms with Crippen molar-refractivity contribution in [3.05, 3.63) is 41.5 Å². The number of hydrogen-bond donors (Lipinski definition) is 0. The van der Waals surface area contributed by atoms with Crippen LogP contribution in [0.4, 0.5) is 4.39 Å². The number of ether oxygens (including phenoxy) is 1. The first-order chi connectivity index (χ1) is 12.6. The van der Waals surface area contributed by atoms with Crippen LogP contribution in [0.5, 0.6) is 0 Å². The van der Waals surface area contributed by atoms with Gasteiger partial charge in [0.2, 0.25) is 5.89 Å². The molecule has 3 rings (SSSR count). The largest absolute Gasteiger partial charge is 0.466 e. The molecule has 140 valence electrons. The van der Waals surface area contributed by atoms with E-state index in [0.29, 0.717) is 36.8 Å². The van der Waals surface area contributed by atoms with Crippen LogP contribution >= 0.6 is 0 Å². The van der Waals surface area contributed by atoms with Gasteiger partial charge >= 0.3 is 5.97 Å². The number of piperidine rings is 1. The van der Waals surface area contributed by atoms with Crippen molar-refractivity contribution < 1.29 is 18.3 Å². The van der Waals surface area contributed by atoms with E-state index in [1.54, 1.807) is 18.2 Å². The van der Waals surface area contributed by atoms with E-state index in [0.717, 1.165) is 31.5 Å². The zero-order valence-corrected chi connectivity index (χ0v) is 15.3. The zero-order valence-electron chi connectivity index (χ0n) is 15.3. The molecule has 1 aromatic carbocycles. The number of esters is 1. The second kappa shape index (κ2) is 8.45. The summed E-state index contributed by atoms with van der Waals surface area (Å²) >= 11 is 0. The summed E-state index contributed by atoms with van der Waals surface area (Å²) in [5.74, 6) is 0.477. The standard InChI is InChI=1S/C20H25FN2O3/c1-3-25-19(24)12-15-8-6-7-11-23(15)13-18-14(2)26-20(22-18)16-9-4-5-10-17(16)21/h4-5,9-10,15H,3,6-8,11-13H2,1-2H3/t15-/m0/s1. The monoisotopic (exact) mass is 360 g/mol. The maximum Gasteiger partial charge on any atom is 0.307 e. The Kier molecular flexibility index (Phi) is 6.04. The smallest absolute Gasteiger partial charge is 0.307 e. The molecule has 0 saturated carbocycles. The van der Waals surface area contributed by atoms with Gasteiger partial charge < -0.3 is 9.15 Å². The topological polar surface area (TPSA) is 55.6 Å². The Bertz CT molecular complexity index is 759. The summed E-state index contributed by atoms with van der Waals surface area (Å²) < 4.78 is 24.8. The molecule has 2 aromatic rings. The average Bonchev–Trinajstić information content (AvgIpc) is 2.98. The zero-order chi connectivity index (χ0) is 18.5. The van der Waals surface area contributed by atoms with Gasteiger partial charge in [-0.25, -0.2) is 9.37 Å². The first-order valence-electron chi connectivity index (χ1n) is 9.19. The normalized spacial score (nSPS) is 18.0. The molecule has 1 fully saturated rings. The molecule has 1 saturated heterocycles. The van der Waals surface area contributed by atoms with Crippen LogP contribution in [0.1, 0.15) is 44.1 Å². The summed E-state index contributed by atoms with van der Waals surface area (Å²) in [5, 5.41) is 0. The van der Waals surface area contributed by atoms with Crippen LogP contribution in [-0.4, -0.2) is 35.0 Å². The lowest BCUT2D eigenvalue weighted by atomic mass is 9.99. The van der Waals surface area contributed by atoms with Crippen molar-refractivity contribution >= 4 is 5.97 Å². The highest BCUT2D eigenvalue weighted by atomic mass is 19.1. The van der Waals surface area contributed by atoms with E-state index in [-0.39, 0.29) is 17.8 Å². The van der Waals surface area contributed by atoms with Crippen LogP contribution in [0.3, 0.4) is 0 Å². The van der Waals surface area contributed by atoms with E-state index in [9.17, 15) is 9.18 Å². The molecular formula is C20H25FN2O3. The number of carbonyl (C=O) groups excluding carboxylic acids is 1. The number of carbonyl (C=O) groups is 1. The third-order valence-corrected chi connectivity index (χ3v) is 4.81.